The van der Waals surface area contributed by atoms with Gasteiger partial charge in [-0.3, -0.25) is 14.6 Å². The second kappa shape index (κ2) is 5.81. The van der Waals surface area contributed by atoms with E-state index < -0.39 is 0 Å². The molecule has 2 atom stereocenters. The second-order valence-corrected chi connectivity index (χ2v) is 5.59. The molecule has 3 heterocycles. The number of aromatic nitrogens is 1. The van der Waals surface area contributed by atoms with E-state index in [-0.39, 0.29) is 23.7 Å². The molecule has 2 aliphatic heterocycles. The van der Waals surface area contributed by atoms with E-state index in [2.05, 4.69) is 4.98 Å². The molecule has 2 fully saturated rings. The van der Waals surface area contributed by atoms with E-state index in [1.54, 1.807) is 36.5 Å². The summed E-state index contributed by atoms with van der Waals surface area (Å²) in [5, 5.41) is 0. The first kappa shape index (κ1) is 14.0. The Balaban J connectivity index is 1.63. The van der Waals surface area contributed by atoms with Crippen LogP contribution < -0.4 is 0 Å². The van der Waals surface area contributed by atoms with Gasteiger partial charge in [0.25, 0.3) is 5.91 Å². The number of pyridine rings is 1. The van der Waals surface area contributed by atoms with Gasteiger partial charge in [-0.15, -0.1) is 0 Å². The molecule has 6 heteroatoms. The van der Waals surface area contributed by atoms with Crippen molar-refractivity contribution in [2.24, 2.45) is 11.8 Å². The monoisotopic (exact) mass is 289 g/mol. The van der Waals surface area contributed by atoms with Gasteiger partial charge in [-0.25, -0.2) is 0 Å². The van der Waals surface area contributed by atoms with Gasteiger partial charge in [0.15, 0.2) is 0 Å². The summed E-state index contributed by atoms with van der Waals surface area (Å²) in [6, 6.07) is 3.42. The number of carbonyl (C=O) groups excluding carboxylic acids is 2. The van der Waals surface area contributed by atoms with Crippen LogP contribution >= 0.6 is 0 Å². The van der Waals surface area contributed by atoms with Crippen molar-refractivity contribution >= 4 is 11.8 Å². The third-order valence-electron chi connectivity index (χ3n) is 4.30. The predicted octanol–water partition coefficient (Wildman–Crippen LogP) is 0.258. The fraction of sp³-hybridized carbons (Fsp3) is 0.533. The summed E-state index contributed by atoms with van der Waals surface area (Å²) in [4.78, 5) is 32.3. The largest absolute Gasteiger partial charge is 0.383 e. The zero-order valence-electron chi connectivity index (χ0n) is 12.1. The lowest BCUT2D eigenvalue weighted by Crippen LogP contribution is -2.36. The Labute approximate surface area is 123 Å². The van der Waals surface area contributed by atoms with Crippen LogP contribution in [0.15, 0.2) is 24.5 Å². The summed E-state index contributed by atoms with van der Waals surface area (Å²) in [6.45, 7) is 3.10. The van der Waals surface area contributed by atoms with Crippen LogP contribution in [0.4, 0.5) is 0 Å². The van der Waals surface area contributed by atoms with Gasteiger partial charge >= 0.3 is 0 Å². The fourth-order valence-electron chi connectivity index (χ4n) is 3.19. The molecule has 112 valence electrons. The van der Waals surface area contributed by atoms with Crippen LogP contribution in [-0.4, -0.2) is 66.5 Å². The maximum Gasteiger partial charge on any atom is 0.253 e. The molecule has 21 heavy (non-hydrogen) atoms. The first-order valence-electron chi connectivity index (χ1n) is 7.17. The van der Waals surface area contributed by atoms with E-state index in [0.29, 0.717) is 31.8 Å². The quantitative estimate of drug-likeness (QED) is 0.797. The molecule has 6 nitrogen and oxygen atoms in total. The minimum atomic E-state index is -0.0485. The lowest BCUT2D eigenvalue weighted by atomic mass is 10.0. The highest BCUT2D eigenvalue weighted by molar-refractivity contribution is 5.95. The van der Waals surface area contributed by atoms with Gasteiger partial charge in [0.1, 0.15) is 0 Å². The molecule has 2 saturated heterocycles. The number of hydrogen-bond donors (Lipinski definition) is 0. The van der Waals surface area contributed by atoms with Gasteiger partial charge in [-0.1, -0.05) is 0 Å². The standard InChI is InChI=1S/C15H19N3O3/c1-21-7-6-17-8-12-9-18(10-13(12)15(17)20)14(19)11-2-4-16-5-3-11/h2-5,12-13H,6-10H2,1H3/t12-,13-/m1/s1. The average Bonchev–Trinajstić information content (AvgIpc) is 3.05. The molecule has 0 unspecified atom stereocenters. The van der Waals surface area contributed by atoms with E-state index in [1.807, 2.05) is 4.90 Å². The third kappa shape index (κ3) is 2.63. The summed E-state index contributed by atoms with van der Waals surface area (Å²) in [5.74, 6) is 0.345. The summed E-state index contributed by atoms with van der Waals surface area (Å²) in [5.41, 5.74) is 0.633. The maximum atomic E-state index is 12.4. The number of amides is 2. The van der Waals surface area contributed by atoms with Gasteiger partial charge in [0, 0.05) is 57.2 Å². The molecular formula is C15H19N3O3. The van der Waals surface area contributed by atoms with Crippen molar-refractivity contribution in [3.63, 3.8) is 0 Å². The Morgan fingerprint density at radius 1 is 1.33 bits per heavy atom. The lowest BCUT2D eigenvalue weighted by Gasteiger charge is -2.21. The molecule has 0 aliphatic carbocycles. The molecule has 0 bridgehead atoms. The van der Waals surface area contributed by atoms with Crippen molar-refractivity contribution in [2.45, 2.75) is 0 Å². The highest BCUT2D eigenvalue weighted by Gasteiger charge is 2.47. The normalized spacial score (nSPS) is 24.5. The van der Waals surface area contributed by atoms with Crippen molar-refractivity contribution < 1.29 is 14.3 Å². The smallest absolute Gasteiger partial charge is 0.253 e. The molecule has 0 spiro atoms. The second-order valence-electron chi connectivity index (χ2n) is 5.59. The highest BCUT2D eigenvalue weighted by Crippen LogP contribution is 2.32. The van der Waals surface area contributed by atoms with Crippen LogP contribution in [0.5, 0.6) is 0 Å². The molecule has 2 amide bonds. The van der Waals surface area contributed by atoms with E-state index >= 15 is 0 Å². The van der Waals surface area contributed by atoms with Crippen molar-refractivity contribution in [2.75, 3.05) is 39.9 Å². The lowest BCUT2D eigenvalue weighted by molar-refractivity contribution is -0.131. The van der Waals surface area contributed by atoms with Crippen molar-refractivity contribution in [1.82, 2.24) is 14.8 Å². The Morgan fingerprint density at radius 2 is 2.10 bits per heavy atom. The van der Waals surface area contributed by atoms with Crippen LogP contribution in [0, 0.1) is 11.8 Å². The molecule has 3 rings (SSSR count). The van der Waals surface area contributed by atoms with Crippen molar-refractivity contribution in [1.29, 1.82) is 0 Å². The van der Waals surface area contributed by atoms with Gasteiger partial charge in [0.05, 0.1) is 12.5 Å². The molecule has 0 aromatic carbocycles. The molecule has 1 aromatic heterocycles. The maximum absolute atomic E-state index is 12.4. The SMILES string of the molecule is COCCN1C[C@@H]2CN(C(=O)c3ccncc3)C[C@H]2C1=O. The highest BCUT2D eigenvalue weighted by atomic mass is 16.5. The number of ether oxygens (including phenoxy) is 1. The Hall–Kier alpha value is -1.95. The first-order chi connectivity index (χ1) is 10.2. The Morgan fingerprint density at radius 3 is 2.76 bits per heavy atom. The van der Waals surface area contributed by atoms with Crippen LogP contribution in [0.25, 0.3) is 0 Å². The molecular weight excluding hydrogens is 270 g/mol. The number of methoxy groups -OCH3 is 1. The predicted molar refractivity (Wildman–Crippen MR) is 75.6 cm³/mol. The fourth-order valence-corrected chi connectivity index (χ4v) is 3.19. The Kier molecular flexibility index (Phi) is 3.88. The minimum absolute atomic E-state index is 0.0111. The van der Waals surface area contributed by atoms with Crippen molar-refractivity contribution in [3.8, 4) is 0 Å². The summed E-state index contributed by atoms with van der Waals surface area (Å²) >= 11 is 0. The molecule has 0 N–H and O–H groups in total. The summed E-state index contributed by atoms with van der Waals surface area (Å²) in [6.07, 6.45) is 3.23. The zero-order valence-corrected chi connectivity index (χ0v) is 12.1. The van der Waals surface area contributed by atoms with E-state index in [0.717, 1.165) is 6.54 Å². The number of likely N-dealkylation sites (tertiary alicyclic amines) is 2. The van der Waals surface area contributed by atoms with Crippen molar-refractivity contribution in [3.05, 3.63) is 30.1 Å². The third-order valence-corrected chi connectivity index (χ3v) is 4.30. The van der Waals surface area contributed by atoms with Crippen LogP contribution in [0.1, 0.15) is 10.4 Å². The van der Waals surface area contributed by atoms with Crippen LogP contribution in [0.2, 0.25) is 0 Å². The number of hydrogen-bond acceptors (Lipinski definition) is 4. The summed E-state index contributed by atoms with van der Waals surface area (Å²) < 4.78 is 5.03. The molecule has 2 aliphatic rings. The molecule has 1 aromatic rings. The molecule has 0 saturated carbocycles. The van der Waals surface area contributed by atoms with Gasteiger partial charge in [-0.05, 0) is 12.1 Å². The first-order valence-corrected chi connectivity index (χ1v) is 7.17. The summed E-state index contributed by atoms with van der Waals surface area (Å²) in [7, 11) is 1.64. The van der Waals surface area contributed by atoms with Crippen LogP contribution in [0.3, 0.4) is 0 Å². The van der Waals surface area contributed by atoms with E-state index in [1.165, 1.54) is 0 Å². The number of fused-ring (bicyclic) bond motifs is 1. The van der Waals surface area contributed by atoms with E-state index in [9.17, 15) is 9.59 Å². The molecule has 0 radical (unpaired) electrons. The average molecular weight is 289 g/mol. The Bertz CT molecular complexity index is 534. The zero-order chi connectivity index (χ0) is 14.8. The van der Waals surface area contributed by atoms with E-state index in [4.69, 9.17) is 4.74 Å². The topological polar surface area (TPSA) is 62.7 Å². The number of nitrogens with zero attached hydrogens (tertiary/aromatic N) is 3. The van der Waals surface area contributed by atoms with Gasteiger partial charge in [0.2, 0.25) is 5.91 Å². The number of rotatable bonds is 4. The van der Waals surface area contributed by atoms with Gasteiger partial charge in [-0.2, -0.15) is 0 Å². The number of carbonyl (C=O) groups is 2. The minimum Gasteiger partial charge on any atom is -0.383 e. The van der Waals surface area contributed by atoms with Crippen LogP contribution in [-0.2, 0) is 9.53 Å². The van der Waals surface area contributed by atoms with Gasteiger partial charge < -0.3 is 14.5 Å².